The first-order valence-electron chi connectivity index (χ1n) is 4.87. The first-order chi connectivity index (χ1) is 6.47. The summed E-state index contributed by atoms with van der Waals surface area (Å²) in [6.45, 7) is 6.07. The lowest BCUT2D eigenvalue weighted by Gasteiger charge is -2.16. The molecule has 0 aromatic rings. The summed E-state index contributed by atoms with van der Waals surface area (Å²) >= 11 is 0. The summed E-state index contributed by atoms with van der Waals surface area (Å²) in [6, 6.07) is 0. The van der Waals surface area contributed by atoms with Crippen LogP contribution in [0.4, 0.5) is 0 Å². The number of rotatable bonds is 5. The van der Waals surface area contributed by atoms with Gasteiger partial charge in [-0.15, -0.1) is 0 Å². The molecule has 0 saturated heterocycles. The van der Waals surface area contributed by atoms with E-state index >= 15 is 0 Å². The highest BCUT2D eigenvalue weighted by Crippen LogP contribution is 2.02. The summed E-state index contributed by atoms with van der Waals surface area (Å²) in [5, 5.41) is 0. The van der Waals surface area contributed by atoms with E-state index in [-0.39, 0.29) is 18.4 Å². The van der Waals surface area contributed by atoms with Crippen LogP contribution in [-0.2, 0) is 14.3 Å². The van der Waals surface area contributed by atoms with Crippen LogP contribution in [0.25, 0.3) is 0 Å². The van der Waals surface area contributed by atoms with Crippen molar-refractivity contribution in [2.75, 3.05) is 20.2 Å². The van der Waals surface area contributed by atoms with Crippen molar-refractivity contribution in [1.82, 2.24) is 4.90 Å². The second-order valence-electron chi connectivity index (χ2n) is 3.65. The second-order valence-corrected chi connectivity index (χ2v) is 3.65. The zero-order valence-electron chi connectivity index (χ0n) is 9.37. The van der Waals surface area contributed by atoms with Gasteiger partial charge < -0.3 is 9.64 Å². The monoisotopic (exact) mass is 201 g/mol. The maximum Gasteiger partial charge on any atom is 0.325 e. The van der Waals surface area contributed by atoms with Crippen molar-refractivity contribution in [1.29, 1.82) is 0 Å². The molecule has 0 atom stereocenters. The number of esters is 1. The zero-order chi connectivity index (χ0) is 11.1. The Balaban J connectivity index is 3.88. The van der Waals surface area contributed by atoms with E-state index in [9.17, 15) is 9.59 Å². The Hall–Kier alpha value is -1.06. The molecular formula is C10H19NO3. The molecule has 0 unspecified atom stereocenters. The molecule has 0 aliphatic rings. The molecular weight excluding hydrogens is 182 g/mol. The van der Waals surface area contributed by atoms with E-state index in [0.29, 0.717) is 18.9 Å². The molecule has 82 valence electrons. The topological polar surface area (TPSA) is 46.6 Å². The molecule has 0 saturated carbocycles. The Kier molecular flexibility index (Phi) is 5.92. The maximum absolute atomic E-state index is 11.4. The summed E-state index contributed by atoms with van der Waals surface area (Å²) in [5.41, 5.74) is 0. The van der Waals surface area contributed by atoms with Crippen LogP contribution in [0.5, 0.6) is 0 Å². The number of likely N-dealkylation sites (N-methyl/N-ethyl adjacent to an activating group) is 1. The number of amides is 1. The minimum atomic E-state index is -0.355. The van der Waals surface area contributed by atoms with Gasteiger partial charge in [0.2, 0.25) is 5.91 Å². The van der Waals surface area contributed by atoms with Crippen LogP contribution in [0, 0.1) is 5.92 Å². The van der Waals surface area contributed by atoms with E-state index < -0.39 is 0 Å². The van der Waals surface area contributed by atoms with E-state index in [2.05, 4.69) is 0 Å². The average Bonchev–Trinajstić information content (AvgIpc) is 2.02. The summed E-state index contributed by atoms with van der Waals surface area (Å²) in [6.07, 6.45) is 0.468. The van der Waals surface area contributed by atoms with Crippen LogP contribution in [0.1, 0.15) is 27.2 Å². The van der Waals surface area contributed by atoms with Crippen molar-refractivity contribution in [3.05, 3.63) is 0 Å². The van der Waals surface area contributed by atoms with Crippen molar-refractivity contribution in [3.63, 3.8) is 0 Å². The summed E-state index contributed by atoms with van der Waals surface area (Å²) < 4.78 is 4.73. The van der Waals surface area contributed by atoms with E-state index in [0.717, 1.165) is 0 Å². The van der Waals surface area contributed by atoms with Gasteiger partial charge in [-0.3, -0.25) is 9.59 Å². The van der Waals surface area contributed by atoms with E-state index in [4.69, 9.17) is 4.74 Å². The number of carbonyl (C=O) groups is 2. The fourth-order valence-electron chi connectivity index (χ4n) is 0.994. The third kappa shape index (κ3) is 5.56. The Labute approximate surface area is 85.2 Å². The molecule has 0 aromatic heterocycles. The normalized spacial score (nSPS) is 10.1. The van der Waals surface area contributed by atoms with E-state index in [1.54, 1.807) is 14.0 Å². The van der Waals surface area contributed by atoms with Gasteiger partial charge in [-0.1, -0.05) is 13.8 Å². The molecule has 0 heterocycles. The van der Waals surface area contributed by atoms with Gasteiger partial charge in [0, 0.05) is 13.5 Å². The highest BCUT2D eigenvalue weighted by atomic mass is 16.5. The van der Waals surface area contributed by atoms with Crippen LogP contribution in [0.2, 0.25) is 0 Å². The van der Waals surface area contributed by atoms with Crippen LogP contribution >= 0.6 is 0 Å². The standard InChI is InChI=1S/C10H19NO3/c1-5-14-10(13)7-11(4)9(12)6-8(2)3/h8H,5-7H2,1-4H3. The van der Waals surface area contributed by atoms with Gasteiger partial charge in [0.25, 0.3) is 0 Å². The van der Waals surface area contributed by atoms with Crippen LogP contribution < -0.4 is 0 Å². The quantitative estimate of drug-likeness (QED) is 0.625. The lowest BCUT2D eigenvalue weighted by molar-refractivity contribution is -0.148. The SMILES string of the molecule is CCOC(=O)CN(C)C(=O)CC(C)C. The molecule has 4 heteroatoms. The van der Waals surface area contributed by atoms with E-state index in [1.165, 1.54) is 4.90 Å². The third-order valence-corrected chi connectivity index (χ3v) is 1.68. The summed E-state index contributed by atoms with van der Waals surface area (Å²) in [5.74, 6) is -0.0627. The maximum atomic E-state index is 11.4. The molecule has 0 aliphatic carbocycles. The van der Waals surface area contributed by atoms with Gasteiger partial charge in [-0.25, -0.2) is 0 Å². The first kappa shape index (κ1) is 12.9. The largest absolute Gasteiger partial charge is 0.465 e. The smallest absolute Gasteiger partial charge is 0.325 e. The lowest BCUT2D eigenvalue weighted by Crippen LogP contribution is -2.33. The molecule has 4 nitrogen and oxygen atoms in total. The third-order valence-electron chi connectivity index (χ3n) is 1.68. The molecule has 14 heavy (non-hydrogen) atoms. The second kappa shape index (κ2) is 6.40. The van der Waals surface area contributed by atoms with Crippen LogP contribution in [0.3, 0.4) is 0 Å². The van der Waals surface area contributed by atoms with Gasteiger partial charge in [-0.2, -0.15) is 0 Å². The molecule has 0 rings (SSSR count). The molecule has 0 aromatic carbocycles. The van der Waals surface area contributed by atoms with Gasteiger partial charge in [-0.05, 0) is 12.8 Å². The molecule has 1 amide bonds. The fourth-order valence-corrected chi connectivity index (χ4v) is 0.994. The van der Waals surface area contributed by atoms with Gasteiger partial charge >= 0.3 is 5.97 Å². The number of nitrogens with zero attached hydrogens (tertiary/aromatic N) is 1. The Morgan fingerprint density at radius 2 is 1.93 bits per heavy atom. The highest BCUT2D eigenvalue weighted by Gasteiger charge is 2.14. The predicted molar refractivity (Wildman–Crippen MR) is 53.7 cm³/mol. The molecule has 0 spiro atoms. The molecule has 0 bridgehead atoms. The fraction of sp³-hybridized carbons (Fsp3) is 0.800. The van der Waals surface area contributed by atoms with Crippen molar-refractivity contribution in [2.45, 2.75) is 27.2 Å². The van der Waals surface area contributed by atoms with E-state index in [1.807, 2.05) is 13.8 Å². The minimum Gasteiger partial charge on any atom is -0.465 e. The van der Waals surface area contributed by atoms with Gasteiger partial charge in [0.05, 0.1) is 6.61 Å². The first-order valence-corrected chi connectivity index (χ1v) is 4.87. The summed E-state index contributed by atoms with van der Waals surface area (Å²) in [7, 11) is 1.61. The number of carbonyl (C=O) groups excluding carboxylic acids is 2. The molecule has 0 aliphatic heterocycles. The predicted octanol–water partition coefficient (Wildman–Crippen LogP) is 1.05. The van der Waals surface area contributed by atoms with Crippen molar-refractivity contribution in [3.8, 4) is 0 Å². The van der Waals surface area contributed by atoms with Crippen LogP contribution in [-0.4, -0.2) is 37.0 Å². The number of ether oxygens (including phenoxy) is 1. The van der Waals surface area contributed by atoms with Crippen molar-refractivity contribution >= 4 is 11.9 Å². The van der Waals surface area contributed by atoms with Gasteiger partial charge in [0.1, 0.15) is 6.54 Å². The Morgan fingerprint density at radius 1 is 1.36 bits per heavy atom. The van der Waals surface area contributed by atoms with Crippen molar-refractivity contribution in [2.24, 2.45) is 5.92 Å². The highest BCUT2D eigenvalue weighted by molar-refractivity contribution is 5.81. The molecule has 0 radical (unpaired) electrons. The summed E-state index contributed by atoms with van der Waals surface area (Å²) in [4.78, 5) is 23.8. The minimum absolute atomic E-state index is 0.0203. The molecule has 0 fully saturated rings. The number of hydrogen-bond acceptors (Lipinski definition) is 3. The Bertz CT molecular complexity index is 202. The number of hydrogen-bond donors (Lipinski definition) is 0. The zero-order valence-corrected chi connectivity index (χ0v) is 9.37. The average molecular weight is 201 g/mol. The van der Waals surface area contributed by atoms with Gasteiger partial charge in [0.15, 0.2) is 0 Å². The molecule has 0 N–H and O–H groups in total. The lowest BCUT2D eigenvalue weighted by atomic mass is 10.1. The van der Waals surface area contributed by atoms with Crippen LogP contribution in [0.15, 0.2) is 0 Å². The van der Waals surface area contributed by atoms with Crippen molar-refractivity contribution < 1.29 is 14.3 Å². The Morgan fingerprint density at radius 3 is 2.36 bits per heavy atom.